The molecule has 0 saturated heterocycles. The van der Waals surface area contributed by atoms with Crippen LogP contribution in [0.3, 0.4) is 0 Å². The van der Waals surface area contributed by atoms with Gasteiger partial charge in [0.05, 0.1) is 28.9 Å². The van der Waals surface area contributed by atoms with Crippen molar-refractivity contribution in [3.63, 3.8) is 0 Å². The number of carbonyl (C=O) groups excluding carboxylic acids is 1. The van der Waals surface area contributed by atoms with Gasteiger partial charge in [-0.3, -0.25) is 4.79 Å². The first kappa shape index (κ1) is 21.6. The minimum atomic E-state index is -3.98. The molecule has 0 aliphatic heterocycles. The fraction of sp³-hybridized carbons (Fsp3) is 0.381. The van der Waals surface area contributed by atoms with Gasteiger partial charge in [0.1, 0.15) is 10.6 Å². The maximum atomic E-state index is 13.2. The summed E-state index contributed by atoms with van der Waals surface area (Å²) in [5.74, 6) is -0.0896. The molecule has 2 aromatic rings. The number of hydrogen-bond acceptors (Lipinski definition) is 4. The van der Waals surface area contributed by atoms with Gasteiger partial charge in [0, 0.05) is 11.6 Å². The Morgan fingerprint density at radius 3 is 2.34 bits per heavy atom. The predicted octanol–water partition coefficient (Wildman–Crippen LogP) is 4.65. The SMILES string of the molecule is COc1ccc(C(=O)NC2CCCCCC2)cc1S(=O)(=O)N(Br)c1ccccc1. The fourth-order valence-electron chi connectivity index (χ4n) is 3.48. The first-order chi connectivity index (χ1) is 13.9. The molecule has 2 aromatic carbocycles. The second kappa shape index (κ2) is 9.63. The van der Waals surface area contributed by atoms with Crippen molar-refractivity contribution in [3.05, 3.63) is 54.1 Å². The van der Waals surface area contributed by atoms with Crippen LogP contribution in [0.25, 0.3) is 0 Å². The summed E-state index contributed by atoms with van der Waals surface area (Å²) in [5, 5.41) is 3.05. The predicted molar refractivity (Wildman–Crippen MR) is 117 cm³/mol. The molecule has 1 aliphatic rings. The van der Waals surface area contributed by atoms with Gasteiger partial charge in [-0.15, -0.1) is 0 Å². The summed E-state index contributed by atoms with van der Waals surface area (Å²) in [7, 11) is -2.58. The summed E-state index contributed by atoms with van der Waals surface area (Å²) in [5.41, 5.74) is 0.741. The van der Waals surface area contributed by atoms with Gasteiger partial charge >= 0.3 is 0 Å². The lowest BCUT2D eigenvalue weighted by atomic mass is 10.1. The van der Waals surface area contributed by atoms with Crippen molar-refractivity contribution < 1.29 is 17.9 Å². The highest BCUT2D eigenvalue weighted by molar-refractivity contribution is 9.11. The van der Waals surface area contributed by atoms with Crippen LogP contribution in [-0.2, 0) is 10.0 Å². The van der Waals surface area contributed by atoms with E-state index in [0.29, 0.717) is 11.3 Å². The van der Waals surface area contributed by atoms with Gasteiger partial charge in [0.25, 0.3) is 15.9 Å². The number of benzene rings is 2. The van der Waals surface area contributed by atoms with Crippen LogP contribution in [0.15, 0.2) is 53.4 Å². The normalized spacial score (nSPS) is 15.4. The van der Waals surface area contributed by atoms with Crippen LogP contribution >= 0.6 is 16.1 Å². The number of hydrogen-bond donors (Lipinski definition) is 1. The zero-order valence-electron chi connectivity index (χ0n) is 16.3. The Hall–Kier alpha value is -2.06. The van der Waals surface area contributed by atoms with E-state index in [0.717, 1.165) is 29.0 Å². The summed E-state index contributed by atoms with van der Waals surface area (Å²) in [6.45, 7) is 0. The van der Waals surface area contributed by atoms with Gasteiger partial charge < -0.3 is 10.1 Å². The number of anilines is 1. The summed E-state index contributed by atoms with van der Waals surface area (Å²) in [6, 6.07) is 13.2. The third kappa shape index (κ3) is 5.11. The number of nitrogens with zero attached hydrogens (tertiary/aromatic N) is 1. The van der Waals surface area contributed by atoms with Crippen LogP contribution in [0.4, 0.5) is 5.69 Å². The highest BCUT2D eigenvalue weighted by Crippen LogP contribution is 2.33. The molecule has 1 saturated carbocycles. The Balaban J connectivity index is 1.89. The molecule has 3 rings (SSSR count). The van der Waals surface area contributed by atoms with Gasteiger partial charge in [-0.25, -0.2) is 8.42 Å². The maximum absolute atomic E-state index is 13.2. The molecule has 0 radical (unpaired) electrons. The van der Waals surface area contributed by atoms with E-state index in [1.807, 2.05) is 0 Å². The molecule has 1 amide bonds. The van der Waals surface area contributed by atoms with Crippen LogP contribution in [0.5, 0.6) is 5.75 Å². The van der Waals surface area contributed by atoms with Crippen molar-refractivity contribution in [2.24, 2.45) is 0 Å². The molecule has 0 bridgehead atoms. The number of nitrogens with one attached hydrogen (secondary N) is 1. The van der Waals surface area contributed by atoms with Crippen molar-refractivity contribution in [1.29, 1.82) is 0 Å². The van der Waals surface area contributed by atoms with Gasteiger partial charge in [-0.05, 0) is 43.2 Å². The van der Waals surface area contributed by atoms with Crippen molar-refractivity contribution in [2.45, 2.75) is 49.5 Å². The molecule has 1 fully saturated rings. The molecule has 0 heterocycles. The average Bonchev–Trinajstić information content (AvgIpc) is 3.02. The van der Waals surface area contributed by atoms with E-state index < -0.39 is 10.0 Å². The first-order valence-corrected chi connectivity index (χ1v) is 11.8. The van der Waals surface area contributed by atoms with E-state index in [1.54, 1.807) is 36.4 Å². The second-order valence-corrected chi connectivity index (χ2v) is 10.0. The van der Waals surface area contributed by atoms with Gasteiger partial charge in [0.15, 0.2) is 0 Å². The number of rotatable bonds is 6. The molecule has 1 aliphatic carbocycles. The number of amides is 1. The average molecular weight is 481 g/mol. The number of ether oxygens (including phenoxy) is 1. The highest BCUT2D eigenvalue weighted by Gasteiger charge is 2.28. The molecule has 0 aromatic heterocycles. The number of para-hydroxylation sites is 1. The lowest BCUT2D eigenvalue weighted by Crippen LogP contribution is -2.34. The van der Waals surface area contributed by atoms with Gasteiger partial charge in [-0.1, -0.05) is 43.9 Å². The number of methoxy groups -OCH3 is 1. The molecule has 0 unspecified atom stereocenters. The summed E-state index contributed by atoms with van der Waals surface area (Å²) >= 11 is 3.15. The monoisotopic (exact) mass is 480 g/mol. The van der Waals surface area contributed by atoms with Crippen molar-refractivity contribution in [3.8, 4) is 5.75 Å². The minimum absolute atomic E-state index is 0.0748. The molecule has 29 heavy (non-hydrogen) atoms. The molecule has 8 heteroatoms. The Kier molecular flexibility index (Phi) is 7.18. The molecule has 1 N–H and O–H groups in total. The minimum Gasteiger partial charge on any atom is -0.495 e. The van der Waals surface area contributed by atoms with Crippen molar-refractivity contribution in [1.82, 2.24) is 5.32 Å². The zero-order valence-corrected chi connectivity index (χ0v) is 18.7. The standard InChI is InChI=1S/C21H25BrN2O4S/c1-28-19-14-13-16(21(25)23-17-9-5-2-3-6-10-17)15-20(19)29(26,27)24(22)18-11-7-4-8-12-18/h4,7-8,11-15,17H,2-3,5-6,9-10H2,1H3,(H,23,25). The third-order valence-corrected chi connectivity index (χ3v) is 8.13. The van der Waals surface area contributed by atoms with Gasteiger partial charge in [-0.2, -0.15) is 3.33 Å². The Morgan fingerprint density at radius 2 is 1.72 bits per heavy atom. The maximum Gasteiger partial charge on any atom is 0.277 e. The lowest BCUT2D eigenvalue weighted by molar-refractivity contribution is 0.0933. The van der Waals surface area contributed by atoms with Crippen LogP contribution in [0.1, 0.15) is 48.9 Å². The van der Waals surface area contributed by atoms with Crippen LogP contribution in [0.2, 0.25) is 0 Å². The smallest absolute Gasteiger partial charge is 0.277 e. The quantitative estimate of drug-likeness (QED) is 0.481. The van der Waals surface area contributed by atoms with E-state index in [-0.39, 0.29) is 22.6 Å². The number of halogens is 1. The number of sulfonamides is 1. The topological polar surface area (TPSA) is 75.7 Å². The molecular formula is C21H25BrN2O4S. The summed E-state index contributed by atoms with van der Waals surface area (Å²) < 4.78 is 32.6. The molecular weight excluding hydrogens is 456 g/mol. The van der Waals surface area contributed by atoms with Gasteiger partial charge in [0.2, 0.25) is 0 Å². The fourth-order valence-corrected chi connectivity index (χ4v) is 5.44. The van der Waals surface area contributed by atoms with Crippen LogP contribution in [0, 0.1) is 0 Å². The van der Waals surface area contributed by atoms with Crippen LogP contribution in [-0.4, -0.2) is 27.5 Å². The molecule has 0 spiro atoms. The van der Waals surface area contributed by atoms with E-state index in [2.05, 4.69) is 21.5 Å². The lowest BCUT2D eigenvalue weighted by Gasteiger charge is -2.20. The molecule has 156 valence electrons. The number of carbonyl (C=O) groups is 1. The summed E-state index contributed by atoms with van der Waals surface area (Å²) in [4.78, 5) is 12.7. The first-order valence-electron chi connectivity index (χ1n) is 9.68. The van der Waals surface area contributed by atoms with E-state index in [9.17, 15) is 13.2 Å². The largest absolute Gasteiger partial charge is 0.495 e. The van der Waals surface area contributed by atoms with Crippen molar-refractivity contribution in [2.75, 3.05) is 10.4 Å². The van der Waals surface area contributed by atoms with Crippen molar-refractivity contribution >= 4 is 37.8 Å². The van der Waals surface area contributed by atoms with Crippen LogP contribution < -0.4 is 13.4 Å². The third-order valence-electron chi connectivity index (χ3n) is 5.06. The molecule has 0 atom stereocenters. The summed E-state index contributed by atoms with van der Waals surface area (Å²) in [6.07, 6.45) is 6.49. The van der Waals surface area contributed by atoms with E-state index >= 15 is 0 Å². The molecule has 6 nitrogen and oxygen atoms in total. The Labute approximate surface area is 180 Å². The Morgan fingerprint density at radius 1 is 1.07 bits per heavy atom. The van der Waals surface area contributed by atoms with E-state index in [1.165, 1.54) is 32.1 Å². The second-order valence-electron chi connectivity index (χ2n) is 7.08. The highest BCUT2D eigenvalue weighted by atomic mass is 79.9. The zero-order chi connectivity index (χ0) is 20.9. The Bertz CT molecular complexity index is 942. The van der Waals surface area contributed by atoms with E-state index in [4.69, 9.17) is 4.74 Å².